The molecule has 1 aromatic carbocycles. The topological polar surface area (TPSA) is 129 Å². The Balaban J connectivity index is 1.94. The molecule has 0 radical (unpaired) electrons. The lowest BCUT2D eigenvalue weighted by Gasteiger charge is -2.32. The summed E-state index contributed by atoms with van der Waals surface area (Å²) in [6, 6.07) is 6.09. The molecule has 0 saturated heterocycles. The number of carbonyl (C=O) groups excluding carboxylic acids is 2. The van der Waals surface area contributed by atoms with E-state index in [9.17, 15) is 23.1 Å². The first-order valence-electron chi connectivity index (χ1n) is 8.35. The van der Waals surface area contributed by atoms with Crippen LogP contribution < -0.4 is 15.6 Å². The monoisotopic (exact) mass is 379 g/mol. The maximum Gasteiger partial charge on any atom is 0.238 e. The van der Waals surface area contributed by atoms with E-state index in [2.05, 4.69) is 5.32 Å². The molecule has 0 aliphatic heterocycles. The summed E-state index contributed by atoms with van der Waals surface area (Å²) in [7, 11) is -3.73. The van der Waals surface area contributed by atoms with E-state index < -0.39 is 27.8 Å². The van der Waals surface area contributed by atoms with E-state index in [1.807, 2.05) is 13.8 Å². The molecule has 1 aliphatic carbocycles. The van der Waals surface area contributed by atoms with Crippen LogP contribution in [0.5, 0.6) is 0 Å². The number of aliphatic carboxylic acids is 1. The number of amides is 1. The Morgan fingerprint density at radius 2 is 1.65 bits per heavy atom. The second kappa shape index (κ2) is 8.01. The molecular formula is C18H23N2O5S-. The van der Waals surface area contributed by atoms with Crippen molar-refractivity contribution in [3.05, 3.63) is 41.0 Å². The zero-order valence-electron chi connectivity index (χ0n) is 14.8. The predicted octanol–water partition coefficient (Wildman–Crippen LogP) is 0.105. The molecule has 2 atom stereocenters. The number of primary sulfonamides is 1. The van der Waals surface area contributed by atoms with Crippen molar-refractivity contribution in [3.63, 3.8) is 0 Å². The van der Waals surface area contributed by atoms with Gasteiger partial charge in [-0.1, -0.05) is 23.3 Å². The normalized spacial score (nSPS) is 20.7. The van der Waals surface area contributed by atoms with Crippen molar-refractivity contribution in [1.82, 2.24) is 5.32 Å². The maximum atomic E-state index is 12.4. The second-order valence-corrected chi connectivity index (χ2v) is 8.29. The van der Waals surface area contributed by atoms with Crippen molar-refractivity contribution >= 4 is 21.9 Å². The molecule has 26 heavy (non-hydrogen) atoms. The van der Waals surface area contributed by atoms with Crippen molar-refractivity contribution in [2.24, 2.45) is 17.0 Å². The number of hydrogen-bond acceptors (Lipinski definition) is 5. The Kier molecular flexibility index (Phi) is 6.20. The highest BCUT2D eigenvalue weighted by atomic mass is 32.2. The lowest BCUT2D eigenvalue weighted by Crippen LogP contribution is -2.45. The molecule has 0 spiro atoms. The van der Waals surface area contributed by atoms with Crippen LogP contribution in [0.3, 0.4) is 0 Å². The number of nitrogens with one attached hydrogen (secondary N) is 1. The van der Waals surface area contributed by atoms with Gasteiger partial charge in [-0.15, -0.1) is 0 Å². The van der Waals surface area contributed by atoms with E-state index in [1.165, 1.54) is 12.1 Å². The summed E-state index contributed by atoms with van der Waals surface area (Å²) in [5.41, 5.74) is 2.88. The first-order chi connectivity index (χ1) is 12.1. The third-order valence-corrected chi connectivity index (χ3v) is 5.80. The Labute approximate surface area is 153 Å². The molecule has 3 N–H and O–H groups in total. The lowest BCUT2D eigenvalue weighted by molar-refractivity contribution is -0.313. The van der Waals surface area contributed by atoms with Crippen LogP contribution in [0.25, 0.3) is 0 Å². The van der Waals surface area contributed by atoms with Crippen molar-refractivity contribution < 1.29 is 23.1 Å². The average Bonchev–Trinajstić information content (AvgIpc) is 2.56. The largest absolute Gasteiger partial charge is 0.550 e. The fraction of sp³-hybridized carbons (Fsp3) is 0.444. The first-order valence-corrected chi connectivity index (χ1v) is 9.89. The smallest absolute Gasteiger partial charge is 0.238 e. The molecule has 1 aliphatic rings. The zero-order chi connectivity index (χ0) is 19.5. The van der Waals surface area contributed by atoms with Crippen LogP contribution in [0, 0.1) is 11.8 Å². The molecule has 0 fully saturated rings. The van der Waals surface area contributed by atoms with Gasteiger partial charge in [0, 0.05) is 24.3 Å². The van der Waals surface area contributed by atoms with Gasteiger partial charge in [-0.2, -0.15) is 0 Å². The van der Waals surface area contributed by atoms with E-state index >= 15 is 0 Å². The molecule has 0 unspecified atom stereocenters. The number of rotatable bonds is 6. The van der Waals surface area contributed by atoms with E-state index in [0.717, 1.165) is 16.7 Å². The summed E-state index contributed by atoms with van der Waals surface area (Å²) >= 11 is 0. The Hall–Kier alpha value is -2.19. The molecule has 1 amide bonds. The molecule has 8 heteroatoms. The highest BCUT2D eigenvalue weighted by Gasteiger charge is 2.33. The maximum absolute atomic E-state index is 12.4. The van der Waals surface area contributed by atoms with E-state index in [-0.39, 0.29) is 10.8 Å². The molecule has 142 valence electrons. The molecule has 7 nitrogen and oxygen atoms in total. The minimum Gasteiger partial charge on any atom is -0.550 e. The van der Waals surface area contributed by atoms with Crippen molar-refractivity contribution in [3.8, 4) is 0 Å². The number of carboxylic acid groups (broad SMARTS) is 1. The number of carboxylic acids is 1. The molecule has 0 heterocycles. The number of nitrogens with two attached hydrogens (primary N) is 1. The van der Waals surface area contributed by atoms with E-state index in [1.54, 1.807) is 12.1 Å². The molecule has 2 rings (SSSR count). The van der Waals surface area contributed by atoms with E-state index in [4.69, 9.17) is 5.14 Å². The minimum absolute atomic E-state index is 0.0296. The van der Waals surface area contributed by atoms with E-state index in [0.29, 0.717) is 25.8 Å². The van der Waals surface area contributed by atoms with Crippen LogP contribution in [0.1, 0.15) is 32.3 Å². The SMILES string of the molecule is CC1=C(C)C[C@@H](C(=O)NCCc2ccc(S(N)(=O)=O)cc2)[C@@H](C(=O)[O-])C1. The third-order valence-electron chi connectivity index (χ3n) is 4.87. The number of hydrogen-bond donors (Lipinski definition) is 2. The van der Waals surface area contributed by atoms with Crippen LogP contribution in [-0.4, -0.2) is 26.8 Å². The summed E-state index contributed by atoms with van der Waals surface area (Å²) in [5.74, 6) is -2.94. The summed E-state index contributed by atoms with van der Waals surface area (Å²) in [5, 5.41) is 19.2. The highest BCUT2D eigenvalue weighted by Crippen LogP contribution is 2.33. The zero-order valence-corrected chi connectivity index (χ0v) is 15.6. The van der Waals surface area contributed by atoms with Crippen molar-refractivity contribution in [1.29, 1.82) is 0 Å². The van der Waals surface area contributed by atoms with Gasteiger partial charge in [0.05, 0.1) is 4.90 Å². The standard InChI is InChI=1S/C18H24N2O5S/c1-11-9-15(16(18(22)23)10-12(11)2)17(21)20-8-7-13-3-5-14(6-4-13)26(19,24)25/h3-6,15-16H,7-10H2,1-2H3,(H,20,21)(H,22,23)(H2,19,24,25)/p-1/t15-,16+/m1/s1. The summed E-state index contributed by atoms with van der Waals surface area (Å²) in [4.78, 5) is 23.8. The number of allylic oxidation sites excluding steroid dienone is 2. The van der Waals surface area contributed by atoms with Gasteiger partial charge in [0.15, 0.2) is 0 Å². The van der Waals surface area contributed by atoms with Gasteiger partial charge < -0.3 is 15.2 Å². The second-order valence-electron chi connectivity index (χ2n) is 6.73. The summed E-state index contributed by atoms with van der Waals surface area (Å²) < 4.78 is 22.4. The third kappa shape index (κ3) is 4.92. The first kappa shape index (κ1) is 20.1. The molecule has 0 saturated carbocycles. The summed E-state index contributed by atoms with van der Waals surface area (Å²) in [6.07, 6.45) is 1.24. The fourth-order valence-corrected chi connectivity index (χ4v) is 3.64. The van der Waals surface area contributed by atoms with Gasteiger partial charge in [-0.05, 0) is 50.8 Å². The Bertz CT molecular complexity index is 828. The molecular weight excluding hydrogens is 356 g/mol. The van der Waals surface area contributed by atoms with Crippen LogP contribution in [0.15, 0.2) is 40.3 Å². The van der Waals surface area contributed by atoms with Crippen molar-refractivity contribution in [2.45, 2.75) is 38.0 Å². The average molecular weight is 379 g/mol. The Morgan fingerprint density at radius 3 is 2.15 bits per heavy atom. The Morgan fingerprint density at radius 1 is 1.12 bits per heavy atom. The molecule has 0 aromatic heterocycles. The van der Waals surface area contributed by atoms with Crippen LogP contribution in [0.2, 0.25) is 0 Å². The van der Waals surface area contributed by atoms with Gasteiger partial charge >= 0.3 is 0 Å². The number of sulfonamides is 1. The minimum atomic E-state index is -3.73. The van der Waals surface area contributed by atoms with Gasteiger partial charge in [0.1, 0.15) is 0 Å². The fourth-order valence-electron chi connectivity index (χ4n) is 3.12. The van der Waals surface area contributed by atoms with Gasteiger partial charge in [0.2, 0.25) is 15.9 Å². The number of carbonyl (C=O) groups is 2. The highest BCUT2D eigenvalue weighted by molar-refractivity contribution is 7.89. The van der Waals surface area contributed by atoms with Gasteiger partial charge in [0.25, 0.3) is 0 Å². The van der Waals surface area contributed by atoms with Crippen LogP contribution in [-0.2, 0) is 26.0 Å². The predicted molar refractivity (Wildman–Crippen MR) is 94.1 cm³/mol. The van der Waals surface area contributed by atoms with Crippen LogP contribution >= 0.6 is 0 Å². The van der Waals surface area contributed by atoms with Crippen molar-refractivity contribution in [2.75, 3.05) is 6.54 Å². The van der Waals surface area contributed by atoms with Gasteiger partial charge in [-0.25, -0.2) is 13.6 Å². The molecule has 0 bridgehead atoms. The van der Waals surface area contributed by atoms with Crippen LogP contribution in [0.4, 0.5) is 0 Å². The quantitative estimate of drug-likeness (QED) is 0.678. The number of benzene rings is 1. The molecule has 1 aromatic rings. The lowest BCUT2D eigenvalue weighted by atomic mass is 9.76. The van der Waals surface area contributed by atoms with Gasteiger partial charge in [-0.3, -0.25) is 4.79 Å². The summed E-state index contributed by atoms with van der Waals surface area (Å²) in [6.45, 7) is 4.12.